The third-order valence-electron chi connectivity index (χ3n) is 3.58. The zero-order valence-corrected chi connectivity index (χ0v) is 13.4. The lowest BCUT2D eigenvalue weighted by Gasteiger charge is -2.38. The molecular weight excluding hydrogens is 272 g/mol. The van der Waals surface area contributed by atoms with Crippen LogP contribution in [-0.2, 0) is 11.3 Å². The van der Waals surface area contributed by atoms with Gasteiger partial charge in [-0.05, 0) is 38.9 Å². The van der Waals surface area contributed by atoms with Crippen LogP contribution in [0.2, 0.25) is 5.02 Å². The van der Waals surface area contributed by atoms with E-state index in [0.29, 0.717) is 0 Å². The first-order chi connectivity index (χ1) is 9.61. The molecule has 2 atom stereocenters. The maximum Gasteiger partial charge on any atom is 0.0726 e. The molecule has 1 aromatic rings. The molecule has 1 fully saturated rings. The molecule has 0 bridgehead atoms. The SMILES string of the molecule is CCCNCc1c(Cl)cccc1N1C[C@@H](C)O[C@@H](C)C1. The summed E-state index contributed by atoms with van der Waals surface area (Å²) in [5.74, 6) is 0. The predicted octanol–water partition coefficient (Wildman–Crippen LogP) is 3.45. The summed E-state index contributed by atoms with van der Waals surface area (Å²) in [5.41, 5.74) is 2.44. The van der Waals surface area contributed by atoms with E-state index in [2.05, 4.69) is 37.1 Å². The minimum atomic E-state index is 0.259. The Bertz CT molecular complexity index is 428. The highest BCUT2D eigenvalue weighted by atomic mass is 35.5. The highest BCUT2D eigenvalue weighted by molar-refractivity contribution is 6.31. The minimum absolute atomic E-state index is 0.259. The Balaban J connectivity index is 2.19. The molecule has 4 heteroatoms. The van der Waals surface area contributed by atoms with E-state index in [0.717, 1.165) is 37.6 Å². The van der Waals surface area contributed by atoms with Crippen molar-refractivity contribution in [3.8, 4) is 0 Å². The lowest BCUT2D eigenvalue weighted by atomic mass is 10.1. The smallest absolute Gasteiger partial charge is 0.0726 e. The van der Waals surface area contributed by atoms with Crippen molar-refractivity contribution < 1.29 is 4.74 Å². The average Bonchev–Trinajstić information content (AvgIpc) is 2.39. The van der Waals surface area contributed by atoms with Gasteiger partial charge in [0.2, 0.25) is 0 Å². The molecule has 3 nitrogen and oxygen atoms in total. The number of ether oxygens (including phenoxy) is 1. The first-order valence-corrected chi connectivity index (χ1v) is 7.88. The minimum Gasteiger partial charge on any atom is -0.372 e. The Labute approximate surface area is 127 Å². The van der Waals surface area contributed by atoms with Gasteiger partial charge in [-0.2, -0.15) is 0 Å². The van der Waals surface area contributed by atoms with Crippen LogP contribution in [0.25, 0.3) is 0 Å². The van der Waals surface area contributed by atoms with Gasteiger partial charge in [0.15, 0.2) is 0 Å². The molecule has 2 rings (SSSR count). The number of hydrogen-bond acceptors (Lipinski definition) is 3. The van der Waals surface area contributed by atoms with Gasteiger partial charge in [0.1, 0.15) is 0 Å². The third kappa shape index (κ3) is 3.87. The molecule has 0 amide bonds. The molecule has 0 radical (unpaired) electrons. The van der Waals surface area contributed by atoms with Crippen LogP contribution in [0.15, 0.2) is 18.2 Å². The topological polar surface area (TPSA) is 24.5 Å². The second-order valence-electron chi connectivity index (χ2n) is 5.58. The Morgan fingerprint density at radius 2 is 2.00 bits per heavy atom. The average molecular weight is 297 g/mol. The molecule has 1 aromatic carbocycles. The number of halogens is 1. The lowest BCUT2D eigenvalue weighted by Crippen LogP contribution is -2.46. The number of nitrogens with one attached hydrogen (secondary N) is 1. The Hall–Kier alpha value is -0.770. The monoisotopic (exact) mass is 296 g/mol. The van der Waals surface area contributed by atoms with Gasteiger partial charge in [-0.15, -0.1) is 0 Å². The van der Waals surface area contributed by atoms with Crippen molar-refractivity contribution in [2.75, 3.05) is 24.5 Å². The molecule has 1 saturated heterocycles. The first-order valence-electron chi connectivity index (χ1n) is 7.50. The van der Waals surface area contributed by atoms with Gasteiger partial charge in [-0.1, -0.05) is 24.6 Å². The van der Waals surface area contributed by atoms with E-state index in [4.69, 9.17) is 16.3 Å². The Morgan fingerprint density at radius 1 is 1.30 bits per heavy atom. The van der Waals surface area contributed by atoms with E-state index in [1.165, 1.54) is 11.3 Å². The van der Waals surface area contributed by atoms with Crippen LogP contribution in [0.5, 0.6) is 0 Å². The molecule has 1 aliphatic heterocycles. The molecule has 1 aliphatic rings. The zero-order chi connectivity index (χ0) is 14.5. The summed E-state index contributed by atoms with van der Waals surface area (Å²) in [6, 6.07) is 6.17. The van der Waals surface area contributed by atoms with E-state index in [-0.39, 0.29) is 12.2 Å². The molecule has 1 N–H and O–H groups in total. The van der Waals surface area contributed by atoms with Crippen molar-refractivity contribution in [3.05, 3.63) is 28.8 Å². The lowest BCUT2D eigenvalue weighted by molar-refractivity contribution is -0.00526. The summed E-state index contributed by atoms with van der Waals surface area (Å²) in [6.45, 7) is 10.1. The zero-order valence-electron chi connectivity index (χ0n) is 12.7. The standard InChI is InChI=1S/C16H25ClN2O/c1-4-8-18-9-14-15(17)6-5-7-16(14)19-10-12(2)20-13(3)11-19/h5-7,12-13,18H,4,8-11H2,1-3H3/t12-,13+. The van der Waals surface area contributed by atoms with E-state index in [1.807, 2.05) is 12.1 Å². The number of morpholine rings is 1. The van der Waals surface area contributed by atoms with Crippen LogP contribution in [0, 0.1) is 0 Å². The van der Waals surface area contributed by atoms with Gasteiger partial charge < -0.3 is 15.0 Å². The number of benzene rings is 1. The van der Waals surface area contributed by atoms with E-state index in [9.17, 15) is 0 Å². The van der Waals surface area contributed by atoms with Crippen LogP contribution in [0.3, 0.4) is 0 Å². The second kappa shape index (κ2) is 7.30. The van der Waals surface area contributed by atoms with Crippen LogP contribution < -0.4 is 10.2 Å². The van der Waals surface area contributed by atoms with Gasteiger partial charge in [0, 0.05) is 35.9 Å². The molecular formula is C16H25ClN2O. The van der Waals surface area contributed by atoms with Crippen molar-refractivity contribution in [2.45, 2.75) is 45.9 Å². The molecule has 112 valence electrons. The second-order valence-corrected chi connectivity index (χ2v) is 5.98. The molecule has 0 spiro atoms. The fraction of sp³-hybridized carbons (Fsp3) is 0.625. The van der Waals surface area contributed by atoms with Gasteiger partial charge in [0.25, 0.3) is 0 Å². The van der Waals surface area contributed by atoms with Crippen LogP contribution in [0.4, 0.5) is 5.69 Å². The summed E-state index contributed by atoms with van der Waals surface area (Å²) in [6.07, 6.45) is 1.65. The molecule has 0 saturated carbocycles. The summed E-state index contributed by atoms with van der Waals surface area (Å²) < 4.78 is 5.82. The maximum absolute atomic E-state index is 6.40. The molecule has 0 aromatic heterocycles. The van der Waals surface area contributed by atoms with E-state index >= 15 is 0 Å². The summed E-state index contributed by atoms with van der Waals surface area (Å²) >= 11 is 6.40. The normalized spacial score (nSPS) is 23.1. The van der Waals surface area contributed by atoms with Crippen LogP contribution in [0.1, 0.15) is 32.8 Å². The third-order valence-corrected chi connectivity index (χ3v) is 3.94. The molecule has 20 heavy (non-hydrogen) atoms. The highest BCUT2D eigenvalue weighted by Crippen LogP contribution is 2.29. The largest absolute Gasteiger partial charge is 0.372 e. The number of anilines is 1. The van der Waals surface area contributed by atoms with Gasteiger partial charge >= 0.3 is 0 Å². The van der Waals surface area contributed by atoms with Crippen molar-refractivity contribution in [2.24, 2.45) is 0 Å². The quantitative estimate of drug-likeness (QED) is 0.842. The molecule has 0 unspecified atom stereocenters. The van der Waals surface area contributed by atoms with Crippen LogP contribution in [-0.4, -0.2) is 31.8 Å². The fourth-order valence-electron chi connectivity index (χ4n) is 2.78. The molecule has 0 aliphatic carbocycles. The Morgan fingerprint density at radius 3 is 2.65 bits per heavy atom. The van der Waals surface area contributed by atoms with Crippen molar-refractivity contribution >= 4 is 17.3 Å². The van der Waals surface area contributed by atoms with Gasteiger partial charge in [0.05, 0.1) is 12.2 Å². The maximum atomic E-state index is 6.40. The van der Waals surface area contributed by atoms with Gasteiger partial charge in [-0.25, -0.2) is 0 Å². The first kappa shape index (κ1) is 15.6. The van der Waals surface area contributed by atoms with Crippen molar-refractivity contribution in [3.63, 3.8) is 0 Å². The van der Waals surface area contributed by atoms with Crippen molar-refractivity contribution in [1.82, 2.24) is 5.32 Å². The predicted molar refractivity (Wildman–Crippen MR) is 85.7 cm³/mol. The fourth-order valence-corrected chi connectivity index (χ4v) is 3.02. The van der Waals surface area contributed by atoms with E-state index < -0.39 is 0 Å². The highest BCUT2D eigenvalue weighted by Gasteiger charge is 2.24. The molecule has 1 heterocycles. The van der Waals surface area contributed by atoms with Gasteiger partial charge in [-0.3, -0.25) is 0 Å². The Kier molecular flexibility index (Phi) is 5.70. The van der Waals surface area contributed by atoms with Crippen molar-refractivity contribution in [1.29, 1.82) is 0 Å². The number of nitrogens with zero attached hydrogens (tertiary/aromatic N) is 1. The van der Waals surface area contributed by atoms with Crippen LogP contribution >= 0.6 is 11.6 Å². The number of rotatable bonds is 5. The number of hydrogen-bond donors (Lipinski definition) is 1. The summed E-state index contributed by atoms with van der Waals surface area (Å²) in [7, 11) is 0. The summed E-state index contributed by atoms with van der Waals surface area (Å²) in [4.78, 5) is 2.40. The van der Waals surface area contributed by atoms with E-state index in [1.54, 1.807) is 0 Å². The summed E-state index contributed by atoms with van der Waals surface area (Å²) in [5, 5.41) is 4.30.